The van der Waals surface area contributed by atoms with E-state index in [1.54, 1.807) is 37.3 Å². The lowest BCUT2D eigenvalue weighted by Gasteiger charge is -2.27. The van der Waals surface area contributed by atoms with Crippen LogP contribution in [-0.2, 0) is 42.4 Å². The molecule has 3 aromatic rings. The molecule has 4 heterocycles. The summed E-state index contributed by atoms with van der Waals surface area (Å²) in [6.45, 7) is 4.70. The molecular formula is C34H41N3O12S2. The summed E-state index contributed by atoms with van der Waals surface area (Å²) < 4.78 is 48.4. The topological polar surface area (TPSA) is 199 Å². The third-order valence-electron chi connectivity index (χ3n) is 8.73. The second-order valence-electron chi connectivity index (χ2n) is 12.7. The average molecular weight is 748 g/mol. The molecule has 3 aliphatic heterocycles. The van der Waals surface area contributed by atoms with E-state index in [0.717, 1.165) is 0 Å². The molecule has 15 nitrogen and oxygen atoms in total. The van der Waals surface area contributed by atoms with E-state index in [1.807, 2.05) is 13.8 Å². The maximum Gasteiger partial charge on any atom is 0.370 e. The Kier molecular flexibility index (Phi) is 11.4. The van der Waals surface area contributed by atoms with Gasteiger partial charge in [-0.1, -0.05) is 12.1 Å². The molecule has 0 spiro atoms. The Morgan fingerprint density at radius 1 is 1.18 bits per heavy atom. The van der Waals surface area contributed by atoms with Crippen LogP contribution in [0.1, 0.15) is 36.5 Å². The number of carbonyl (C=O) groups excluding carboxylic acids is 1. The Hall–Kier alpha value is -3.52. The van der Waals surface area contributed by atoms with Crippen LogP contribution in [0.3, 0.4) is 0 Å². The standard InChI is InChI=1S/C34H41N3O12S2/c1-20(2)37(51(43)24-8-9-28-29(13-24)48-19-47-28)14-27(39)26(36-31(15-38)45-17-33(40)18-46-32-25(33)10-11-44-32)12-22-4-6-23(7-5-22)49-34(41,42)30-16-50-21(3)35-30/h4-9,13,16,20,25-26,32,38,40-42H,10-12,14-15,17-19H2,1-3H3. The number of aromatic nitrogens is 1. The van der Waals surface area contributed by atoms with E-state index in [9.17, 15) is 29.4 Å². The highest BCUT2D eigenvalue weighted by atomic mass is 32.2. The number of ether oxygens (including phenoxy) is 6. The number of hydrogen-bond acceptors (Lipinski definition) is 15. The zero-order chi connectivity index (χ0) is 36.3. The quantitative estimate of drug-likeness (QED) is 0.0999. The lowest BCUT2D eigenvalue weighted by Crippen LogP contribution is -2.44. The van der Waals surface area contributed by atoms with Crippen molar-refractivity contribution in [3.05, 3.63) is 64.1 Å². The molecule has 276 valence electrons. The van der Waals surface area contributed by atoms with Crippen molar-refractivity contribution in [2.75, 3.05) is 39.8 Å². The lowest BCUT2D eigenvalue weighted by atomic mass is 9.89. The minimum Gasteiger partial charge on any atom is -0.476 e. The van der Waals surface area contributed by atoms with Crippen LogP contribution in [-0.4, -0.2) is 109 Å². The highest BCUT2D eigenvalue weighted by Gasteiger charge is 2.52. The number of carbonyl (C=O) groups is 1. The van der Waals surface area contributed by atoms with Crippen LogP contribution in [0.2, 0.25) is 0 Å². The largest absolute Gasteiger partial charge is 0.476 e. The summed E-state index contributed by atoms with van der Waals surface area (Å²) in [5, 5.41) is 44.5. The van der Waals surface area contributed by atoms with Gasteiger partial charge in [0.15, 0.2) is 29.3 Å². The van der Waals surface area contributed by atoms with E-state index in [1.165, 1.54) is 33.2 Å². The molecule has 17 heteroatoms. The van der Waals surface area contributed by atoms with Gasteiger partial charge in [-0.05, 0) is 57.0 Å². The van der Waals surface area contributed by atoms with Crippen molar-refractivity contribution in [1.29, 1.82) is 0 Å². The number of nitrogens with zero attached hydrogens (tertiary/aromatic N) is 3. The van der Waals surface area contributed by atoms with Crippen LogP contribution < -0.4 is 14.2 Å². The third kappa shape index (κ3) is 8.59. The van der Waals surface area contributed by atoms with Gasteiger partial charge in [0.25, 0.3) is 0 Å². The first-order valence-electron chi connectivity index (χ1n) is 16.4. The van der Waals surface area contributed by atoms with Gasteiger partial charge in [0.2, 0.25) is 12.7 Å². The van der Waals surface area contributed by atoms with Crippen molar-refractivity contribution in [3.63, 3.8) is 0 Å². The van der Waals surface area contributed by atoms with Gasteiger partial charge < -0.3 is 48.8 Å². The van der Waals surface area contributed by atoms with Gasteiger partial charge in [0.1, 0.15) is 41.6 Å². The fourth-order valence-corrected chi connectivity index (χ4v) is 7.86. The highest BCUT2D eigenvalue weighted by molar-refractivity contribution is 7.82. The predicted octanol–water partition coefficient (Wildman–Crippen LogP) is 1.80. The lowest BCUT2D eigenvalue weighted by molar-refractivity contribution is -0.306. The van der Waals surface area contributed by atoms with Crippen LogP contribution in [0, 0.1) is 12.8 Å². The summed E-state index contributed by atoms with van der Waals surface area (Å²) in [6.07, 6.45) is 0.0869. The summed E-state index contributed by atoms with van der Waals surface area (Å²) in [7, 11) is -1.76. The van der Waals surface area contributed by atoms with E-state index in [-0.39, 0.29) is 62.3 Å². The second kappa shape index (κ2) is 15.6. The molecule has 51 heavy (non-hydrogen) atoms. The molecule has 3 aliphatic rings. The number of rotatable bonds is 15. The maximum atomic E-state index is 14.1. The third-order valence-corrected chi connectivity index (χ3v) is 11.1. The van der Waals surface area contributed by atoms with E-state index in [0.29, 0.717) is 40.0 Å². The molecule has 0 bridgehead atoms. The normalized spacial score (nSPS) is 22.7. The summed E-state index contributed by atoms with van der Waals surface area (Å²) in [4.78, 5) is 23.1. The number of benzene rings is 2. The van der Waals surface area contributed by atoms with Gasteiger partial charge in [0, 0.05) is 29.8 Å². The minimum atomic E-state index is -2.66. The van der Waals surface area contributed by atoms with Gasteiger partial charge in [-0.3, -0.25) is 4.79 Å². The number of aryl methyl sites for hydroxylation is 1. The number of Topliss-reactive ketones (excluding diaryl/α,β-unsaturated/α-hetero) is 1. The average Bonchev–Trinajstić information content (AvgIpc) is 3.92. The van der Waals surface area contributed by atoms with Crippen molar-refractivity contribution >= 4 is 34.0 Å². The first kappa shape index (κ1) is 37.2. The summed E-state index contributed by atoms with van der Waals surface area (Å²) in [5.41, 5.74) is -0.799. The number of aliphatic hydroxyl groups excluding tert-OH is 1. The van der Waals surface area contributed by atoms with E-state index in [4.69, 9.17) is 28.4 Å². The van der Waals surface area contributed by atoms with Crippen molar-refractivity contribution in [2.45, 2.75) is 68.5 Å². The fraction of sp³-hybridized carbons (Fsp3) is 0.500. The molecule has 0 saturated carbocycles. The first-order chi connectivity index (χ1) is 24.3. The molecule has 0 aliphatic carbocycles. The Labute approximate surface area is 301 Å². The van der Waals surface area contributed by atoms with E-state index >= 15 is 0 Å². The summed E-state index contributed by atoms with van der Waals surface area (Å²) in [5.74, 6) is -2.41. The van der Waals surface area contributed by atoms with Crippen molar-refractivity contribution in [1.82, 2.24) is 9.29 Å². The van der Waals surface area contributed by atoms with Crippen molar-refractivity contribution < 1.29 is 57.9 Å². The SMILES string of the molecule is Cc1nc(C(O)(O)Oc2ccc(CC(N=C(CO)OCC3(O)COC4OCCC43)C(=O)CN(C(C)C)S(=O)c3ccc4c(c3)OCO4)cc2)cs1. The molecule has 2 saturated heterocycles. The van der Waals surface area contributed by atoms with Crippen LogP contribution in [0.15, 0.2) is 57.7 Å². The molecule has 6 rings (SSSR count). The second-order valence-corrected chi connectivity index (χ2v) is 15.2. The van der Waals surface area contributed by atoms with Crippen LogP contribution >= 0.6 is 11.3 Å². The molecule has 5 atom stereocenters. The molecule has 0 radical (unpaired) electrons. The van der Waals surface area contributed by atoms with Crippen LogP contribution in [0.4, 0.5) is 0 Å². The molecule has 2 fully saturated rings. The van der Waals surface area contributed by atoms with Gasteiger partial charge in [-0.2, -0.15) is 0 Å². The fourth-order valence-electron chi connectivity index (χ4n) is 5.93. The molecule has 2 aromatic carbocycles. The number of ketones is 1. The number of aliphatic hydroxyl groups is 4. The zero-order valence-electron chi connectivity index (χ0n) is 28.3. The Morgan fingerprint density at radius 2 is 1.94 bits per heavy atom. The monoisotopic (exact) mass is 747 g/mol. The van der Waals surface area contributed by atoms with Gasteiger partial charge in [-0.25, -0.2) is 18.5 Å². The molecule has 5 unspecified atom stereocenters. The summed E-state index contributed by atoms with van der Waals surface area (Å²) in [6, 6.07) is 9.79. The number of hydrogen-bond donors (Lipinski definition) is 4. The number of aliphatic imine (C=N–C) groups is 1. The van der Waals surface area contributed by atoms with E-state index in [2.05, 4.69) is 9.98 Å². The van der Waals surface area contributed by atoms with Gasteiger partial charge >= 0.3 is 5.97 Å². The zero-order valence-corrected chi connectivity index (χ0v) is 29.9. The van der Waals surface area contributed by atoms with Crippen molar-refractivity contribution in [2.24, 2.45) is 10.9 Å². The minimum absolute atomic E-state index is 0.0160. The Balaban J connectivity index is 1.21. The molecule has 1 aromatic heterocycles. The van der Waals surface area contributed by atoms with Crippen LogP contribution in [0.5, 0.6) is 17.2 Å². The van der Waals surface area contributed by atoms with Gasteiger partial charge in [0.05, 0.1) is 29.7 Å². The van der Waals surface area contributed by atoms with Crippen LogP contribution in [0.25, 0.3) is 0 Å². The molecular weight excluding hydrogens is 707 g/mol. The molecule has 0 amide bonds. The predicted molar refractivity (Wildman–Crippen MR) is 183 cm³/mol. The Morgan fingerprint density at radius 3 is 2.65 bits per heavy atom. The molecule has 4 N–H and O–H groups in total. The van der Waals surface area contributed by atoms with Crippen molar-refractivity contribution in [3.8, 4) is 17.2 Å². The Bertz CT molecular complexity index is 1750. The van der Waals surface area contributed by atoms with E-state index < -0.39 is 47.3 Å². The smallest absolute Gasteiger partial charge is 0.370 e. The van der Waals surface area contributed by atoms with Gasteiger partial charge in [-0.15, -0.1) is 11.3 Å². The first-order valence-corrected chi connectivity index (χ1v) is 18.4. The number of fused-ring (bicyclic) bond motifs is 2. The maximum absolute atomic E-state index is 14.1. The highest BCUT2D eigenvalue weighted by Crippen LogP contribution is 2.39. The number of thiazole rings is 1. The summed E-state index contributed by atoms with van der Waals surface area (Å²) >= 11 is 1.24.